The lowest BCUT2D eigenvalue weighted by atomic mass is 10.0. The number of hydrogen-bond donors (Lipinski definition) is 2. The van der Waals surface area contributed by atoms with Crippen molar-refractivity contribution >= 4 is 0 Å². The van der Waals surface area contributed by atoms with Gasteiger partial charge in [0.1, 0.15) is 0 Å². The van der Waals surface area contributed by atoms with Crippen LogP contribution in [0, 0.1) is 23.2 Å². The van der Waals surface area contributed by atoms with Crippen molar-refractivity contribution in [1.29, 1.82) is 5.26 Å². The van der Waals surface area contributed by atoms with Crippen LogP contribution in [0.15, 0.2) is 0 Å². The van der Waals surface area contributed by atoms with Crippen LogP contribution in [0.4, 0.5) is 13.2 Å². The van der Waals surface area contributed by atoms with Gasteiger partial charge in [-0.2, -0.15) is 18.4 Å². The van der Waals surface area contributed by atoms with Gasteiger partial charge in [0.25, 0.3) is 0 Å². The summed E-state index contributed by atoms with van der Waals surface area (Å²) in [6.45, 7) is 3.19. The van der Waals surface area contributed by atoms with E-state index in [4.69, 9.17) is 10.4 Å². The second kappa shape index (κ2) is 6.71. The van der Waals surface area contributed by atoms with E-state index in [9.17, 15) is 13.2 Å². The van der Waals surface area contributed by atoms with Gasteiger partial charge in [-0.3, -0.25) is 0 Å². The number of aliphatic hydroxyl groups is 1. The number of nitrogens with zero attached hydrogens (tertiary/aromatic N) is 1. The largest absolute Gasteiger partial charge is 0.405 e. The van der Waals surface area contributed by atoms with Crippen molar-refractivity contribution in [1.82, 2.24) is 5.32 Å². The summed E-state index contributed by atoms with van der Waals surface area (Å²) in [5, 5.41) is 19.8. The minimum absolute atomic E-state index is 0.0842. The third-order valence-corrected chi connectivity index (χ3v) is 2.38. The Labute approximate surface area is 93.3 Å². The molecule has 3 nitrogen and oxygen atoms in total. The Morgan fingerprint density at radius 1 is 1.38 bits per heavy atom. The van der Waals surface area contributed by atoms with E-state index in [1.807, 2.05) is 13.8 Å². The lowest BCUT2D eigenvalue weighted by Crippen LogP contribution is -2.41. The normalized spacial score (nSPS) is 15.9. The third-order valence-electron chi connectivity index (χ3n) is 2.38. The summed E-state index contributed by atoms with van der Waals surface area (Å²) in [7, 11) is 0. The van der Waals surface area contributed by atoms with E-state index in [0.29, 0.717) is 6.42 Å². The van der Waals surface area contributed by atoms with Crippen LogP contribution >= 0.6 is 0 Å². The van der Waals surface area contributed by atoms with Crippen molar-refractivity contribution in [3.63, 3.8) is 0 Å². The number of hydrogen-bond acceptors (Lipinski definition) is 3. The quantitative estimate of drug-likeness (QED) is 0.740. The zero-order valence-corrected chi connectivity index (χ0v) is 9.38. The van der Waals surface area contributed by atoms with E-state index in [1.165, 1.54) is 6.07 Å². The molecule has 0 saturated heterocycles. The molecule has 2 N–H and O–H groups in total. The molecule has 0 aliphatic heterocycles. The molecule has 0 spiro atoms. The van der Waals surface area contributed by atoms with Crippen LogP contribution in [0.3, 0.4) is 0 Å². The molecule has 0 heterocycles. The molecule has 6 heteroatoms. The summed E-state index contributed by atoms with van der Waals surface area (Å²) in [5.74, 6) is -1.88. The molecule has 2 atom stereocenters. The molecule has 16 heavy (non-hydrogen) atoms. The highest BCUT2D eigenvalue weighted by atomic mass is 19.4. The van der Waals surface area contributed by atoms with E-state index in [0.717, 1.165) is 0 Å². The maximum Gasteiger partial charge on any atom is 0.405 e. The van der Waals surface area contributed by atoms with Gasteiger partial charge in [0, 0.05) is 19.2 Å². The lowest BCUT2D eigenvalue weighted by molar-refractivity contribution is -0.158. The maximum absolute atomic E-state index is 12.2. The number of alkyl halides is 3. The zero-order valence-electron chi connectivity index (χ0n) is 9.38. The second-order valence-corrected chi connectivity index (χ2v) is 3.99. The summed E-state index contributed by atoms with van der Waals surface area (Å²) in [6.07, 6.45) is -4.11. The van der Waals surface area contributed by atoms with Crippen LogP contribution in [0.25, 0.3) is 0 Å². The first-order valence-corrected chi connectivity index (χ1v) is 5.13. The summed E-state index contributed by atoms with van der Waals surface area (Å²) in [6, 6.07) is 1.02. The first kappa shape index (κ1) is 15.2. The Kier molecular flexibility index (Phi) is 6.38. The fourth-order valence-corrected chi connectivity index (χ4v) is 1.31. The number of nitrogens with one attached hydrogen (secondary N) is 1. The minimum Gasteiger partial charge on any atom is -0.396 e. The van der Waals surface area contributed by atoms with E-state index >= 15 is 0 Å². The number of rotatable bonds is 6. The molecule has 0 aromatic heterocycles. The molecule has 0 amide bonds. The van der Waals surface area contributed by atoms with Gasteiger partial charge >= 0.3 is 6.18 Å². The summed E-state index contributed by atoms with van der Waals surface area (Å²) in [4.78, 5) is 0. The molecule has 0 bridgehead atoms. The van der Waals surface area contributed by atoms with Gasteiger partial charge in [-0.1, -0.05) is 13.8 Å². The molecular formula is C10H17F3N2O. The third kappa shape index (κ3) is 5.33. The van der Waals surface area contributed by atoms with E-state index < -0.39 is 18.6 Å². The van der Waals surface area contributed by atoms with E-state index in [1.54, 1.807) is 0 Å². The predicted octanol–water partition coefficient (Wildman–Crippen LogP) is 1.69. The van der Waals surface area contributed by atoms with Gasteiger partial charge in [0.15, 0.2) is 5.92 Å². The van der Waals surface area contributed by atoms with E-state index in [2.05, 4.69) is 5.32 Å². The van der Waals surface area contributed by atoms with Crippen molar-refractivity contribution < 1.29 is 18.3 Å². The topological polar surface area (TPSA) is 56.0 Å². The van der Waals surface area contributed by atoms with Gasteiger partial charge in [-0.25, -0.2) is 0 Å². The van der Waals surface area contributed by atoms with Crippen molar-refractivity contribution in [2.45, 2.75) is 32.5 Å². The van der Waals surface area contributed by atoms with E-state index in [-0.39, 0.29) is 18.6 Å². The van der Waals surface area contributed by atoms with Gasteiger partial charge in [0.05, 0.1) is 6.07 Å². The number of halogens is 3. The molecule has 2 unspecified atom stereocenters. The van der Waals surface area contributed by atoms with Crippen LogP contribution in [0.1, 0.15) is 20.3 Å². The standard InChI is InChI=1S/C10H17F3N2O/c1-7(2)9(3-4-16)15-6-8(5-14)10(11,12)13/h7-9,15-16H,3-4,6H2,1-2H3. The van der Waals surface area contributed by atoms with Crippen LogP contribution in [0.2, 0.25) is 0 Å². The average Bonchev–Trinajstić information content (AvgIpc) is 2.14. The van der Waals surface area contributed by atoms with Crippen LogP contribution < -0.4 is 5.32 Å². The van der Waals surface area contributed by atoms with Crippen molar-refractivity contribution in [2.75, 3.05) is 13.2 Å². The molecule has 0 aliphatic carbocycles. The maximum atomic E-state index is 12.2. The molecule has 0 saturated carbocycles. The van der Waals surface area contributed by atoms with Gasteiger partial charge < -0.3 is 10.4 Å². The molecule has 94 valence electrons. The first-order chi connectivity index (χ1) is 7.32. The number of nitriles is 1. The molecule has 0 fully saturated rings. The average molecular weight is 238 g/mol. The van der Waals surface area contributed by atoms with Gasteiger partial charge in [-0.15, -0.1) is 0 Å². The fourth-order valence-electron chi connectivity index (χ4n) is 1.31. The highest BCUT2D eigenvalue weighted by Crippen LogP contribution is 2.25. The Bertz CT molecular complexity index is 235. The highest BCUT2D eigenvalue weighted by Gasteiger charge is 2.39. The van der Waals surface area contributed by atoms with Crippen LogP contribution in [-0.4, -0.2) is 30.5 Å². The lowest BCUT2D eigenvalue weighted by Gasteiger charge is -2.23. The monoisotopic (exact) mass is 238 g/mol. The van der Waals surface area contributed by atoms with Crippen molar-refractivity contribution in [2.24, 2.45) is 11.8 Å². The summed E-state index contributed by atoms with van der Waals surface area (Å²) in [5.41, 5.74) is 0. The van der Waals surface area contributed by atoms with Crippen LogP contribution in [0.5, 0.6) is 0 Å². The van der Waals surface area contributed by atoms with Gasteiger partial charge in [-0.05, 0) is 12.3 Å². The predicted molar refractivity (Wildman–Crippen MR) is 53.5 cm³/mol. The van der Waals surface area contributed by atoms with Gasteiger partial charge in [0.2, 0.25) is 0 Å². The Morgan fingerprint density at radius 3 is 2.25 bits per heavy atom. The highest BCUT2D eigenvalue weighted by molar-refractivity contribution is 4.90. The first-order valence-electron chi connectivity index (χ1n) is 5.13. The smallest absolute Gasteiger partial charge is 0.396 e. The second-order valence-electron chi connectivity index (χ2n) is 3.99. The minimum atomic E-state index is -4.50. The zero-order chi connectivity index (χ0) is 12.8. The Morgan fingerprint density at radius 2 is 1.94 bits per heavy atom. The molecule has 0 aromatic carbocycles. The molecule has 0 aromatic rings. The molecule has 0 radical (unpaired) electrons. The Balaban J connectivity index is 4.24. The van der Waals surface area contributed by atoms with Crippen LogP contribution in [-0.2, 0) is 0 Å². The Hall–Kier alpha value is -0.800. The number of aliphatic hydroxyl groups excluding tert-OH is 1. The van der Waals surface area contributed by atoms with Crippen molar-refractivity contribution in [3.05, 3.63) is 0 Å². The summed E-state index contributed by atoms with van der Waals surface area (Å²) >= 11 is 0. The molecular weight excluding hydrogens is 221 g/mol. The fraction of sp³-hybridized carbons (Fsp3) is 0.900. The van der Waals surface area contributed by atoms with Crippen molar-refractivity contribution in [3.8, 4) is 6.07 Å². The molecule has 0 aliphatic rings. The summed E-state index contributed by atoms with van der Waals surface area (Å²) < 4.78 is 36.7. The SMILES string of the molecule is CC(C)C(CCO)NCC(C#N)C(F)(F)F. The molecule has 0 rings (SSSR count).